The maximum Gasteiger partial charge on any atom is 0.410 e. The molecule has 6 rings (SSSR count). The number of halogens is 1. The highest BCUT2D eigenvalue weighted by Crippen LogP contribution is 2.62. The lowest BCUT2D eigenvalue weighted by Gasteiger charge is -2.59. The van der Waals surface area contributed by atoms with Gasteiger partial charge in [-0.1, -0.05) is 48.9 Å². The Bertz CT molecular complexity index is 1720. The molecule has 0 unspecified atom stereocenters. The second-order valence-corrected chi connectivity index (χ2v) is 14.6. The van der Waals surface area contributed by atoms with Gasteiger partial charge in [0.25, 0.3) is 0 Å². The molecule has 0 spiro atoms. The minimum atomic E-state index is -1.45. The molecule has 4 aliphatic rings. The van der Waals surface area contributed by atoms with E-state index in [0.717, 1.165) is 42.4 Å². The molecule has 2 aliphatic heterocycles. The molecule has 0 aromatic heterocycles. The summed E-state index contributed by atoms with van der Waals surface area (Å²) in [5.41, 5.74) is 3.34. The van der Waals surface area contributed by atoms with E-state index in [4.69, 9.17) is 44.9 Å². The van der Waals surface area contributed by atoms with Gasteiger partial charge >= 0.3 is 6.09 Å². The molecular formula is C42H53ClN2O10. The van der Waals surface area contributed by atoms with Crippen LogP contribution in [0.5, 0.6) is 23.0 Å². The summed E-state index contributed by atoms with van der Waals surface area (Å²) in [6.45, 7) is 8.72. The molecule has 1 fully saturated rings. The minimum Gasteiger partial charge on any atom is -0.490 e. The fourth-order valence-electron chi connectivity index (χ4n) is 8.75. The Morgan fingerprint density at radius 1 is 1.02 bits per heavy atom. The van der Waals surface area contributed by atoms with Gasteiger partial charge in [0.05, 0.1) is 24.1 Å². The first-order chi connectivity index (χ1) is 26.9. The van der Waals surface area contributed by atoms with Crippen molar-refractivity contribution in [2.24, 2.45) is 22.9 Å². The van der Waals surface area contributed by atoms with Crippen molar-refractivity contribution in [1.29, 1.82) is 0 Å². The number of unbranched alkanes of at least 4 members (excludes halogenated alkanes) is 2. The lowest BCUT2D eigenvalue weighted by atomic mass is 9.55. The van der Waals surface area contributed by atoms with E-state index in [-0.39, 0.29) is 69.8 Å². The molecule has 2 N–H and O–H groups in total. The number of alkyl halides is 1. The molecule has 12 nitrogen and oxygen atoms in total. The van der Waals surface area contributed by atoms with Crippen LogP contribution in [-0.2, 0) is 20.9 Å². The normalized spacial score (nSPS) is 25.2. The fourth-order valence-corrected chi connectivity index (χ4v) is 8.83. The average molecular weight is 781 g/mol. The summed E-state index contributed by atoms with van der Waals surface area (Å²) in [5.74, 6) is 0.665. The van der Waals surface area contributed by atoms with Gasteiger partial charge in [0.15, 0.2) is 11.5 Å². The number of ether oxygens (including phenoxy) is 6. The summed E-state index contributed by atoms with van der Waals surface area (Å²) in [4.78, 5) is 21.6. The van der Waals surface area contributed by atoms with Crippen LogP contribution in [0.15, 0.2) is 78.5 Å². The number of amides is 1. The summed E-state index contributed by atoms with van der Waals surface area (Å²) in [5, 5.41) is 24.3. The first kappa shape index (κ1) is 40.4. The van der Waals surface area contributed by atoms with E-state index in [1.165, 1.54) is 7.11 Å². The van der Waals surface area contributed by atoms with E-state index in [1.807, 2.05) is 36.4 Å². The van der Waals surface area contributed by atoms with Crippen LogP contribution in [-0.4, -0.2) is 91.6 Å². The predicted octanol–water partition coefficient (Wildman–Crippen LogP) is 7.12. The Morgan fingerprint density at radius 2 is 1.78 bits per heavy atom. The van der Waals surface area contributed by atoms with Crippen molar-refractivity contribution in [3.8, 4) is 23.0 Å². The number of oxime groups is 1. The lowest BCUT2D eigenvalue weighted by Crippen LogP contribution is -2.70. The van der Waals surface area contributed by atoms with Crippen molar-refractivity contribution < 1.29 is 48.3 Å². The number of carbonyl (C=O) groups is 1. The van der Waals surface area contributed by atoms with Crippen LogP contribution >= 0.6 is 11.6 Å². The third-order valence-electron chi connectivity index (χ3n) is 10.9. The van der Waals surface area contributed by atoms with E-state index in [0.29, 0.717) is 48.2 Å². The van der Waals surface area contributed by atoms with Crippen LogP contribution in [0, 0.1) is 17.8 Å². The number of fused-ring (bicyclic) bond motifs is 3. The smallest absolute Gasteiger partial charge is 0.410 e. The molecule has 1 saturated carbocycles. The molecule has 6 atom stereocenters. The van der Waals surface area contributed by atoms with Gasteiger partial charge in [-0.05, 0) is 79.0 Å². The molecule has 2 aliphatic carbocycles. The van der Waals surface area contributed by atoms with Crippen LogP contribution < -0.4 is 18.9 Å². The third-order valence-corrected chi connectivity index (χ3v) is 11.1. The van der Waals surface area contributed by atoms with Crippen molar-refractivity contribution in [3.63, 3.8) is 0 Å². The van der Waals surface area contributed by atoms with Gasteiger partial charge in [-0.15, -0.1) is 18.2 Å². The van der Waals surface area contributed by atoms with Crippen LogP contribution in [0.3, 0.4) is 0 Å². The quantitative estimate of drug-likeness (QED) is 0.0619. The van der Waals surface area contributed by atoms with Crippen LogP contribution in [0.1, 0.15) is 62.0 Å². The molecule has 55 heavy (non-hydrogen) atoms. The Hall–Kier alpha value is -4.23. The van der Waals surface area contributed by atoms with Gasteiger partial charge in [0.2, 0.25) is 12.6 Å². The highest BCUT2D eigenvalue weighted by molar-refractivity contribution is 6.18. The highest BCUT2D eigenvalue weighted by Gasteiger charge is 2.65. The summed E-state index contributed by atoms with van der Waals surface area (Å²) in [6.07, 6.45) is 9.93. The van der Waals surface area contributed by atoms with Crippen molar-refractivity contribution in [1.82, 2.24) is 4.90 Å². The van der Waals surface area contributed by atoms with Crippen molar-refractivity contribution in [2.45, 2.75) is 69.2 Å². The van der Waals surface area contributed by atoms with Gasteiger partial charge in [-0.3, -0.25) is 4.90 Å². The molecule has 13 heteroatoms. The summed E-state index contributed by atoms with van der Waals surface area (Å²) < 4.78 is 37.4. The van der Waals surface area contributed by atoms with Crippen molar-refractivity contribution >= 4 is 23.4 Å². The zero-order valence-corrected chi connectivity index (χ0v) is 32.3. The Balaban J connectivity index is 1.57. The van der Waals surface area contributed by atoms with Gasteiger partial charge in [0, 0.05) is 37.7 Å². The maximum absolute atomic E-state index is 14.4. The molecule has 2 heterocycles. The van der Waals surface area contributed by atoms with E-state index in [1.54, 1.807) is 17.1 Å². The highest BCUT2D eigenvalue weighted by atomic mass is 35.5. The summed E-state index contributed by atoms with van der Waals surface area (Å²) in [6, 6.07) is 10.6. The Labute approximate surface area is 328 Å². The number of hydrogen-bond acceptors (Lipinski definition) is 11. The molecular weight excluding hydrogens is 728 g/mol. The average Bonchev–Trinajstić information content (AvgIpc) is 3.67. The number of aliphatic hydroxyl groups excluding tert-OH is 2. The monoisotopic (exact) mass is 780 g/mol. The van der Waals surface area contributed by atoms with Crippen molar-refractivity contribution in [3.05, 3.63) is 84.5 Å². The Kier molecular flexibility index (Phi) is 14.0. The first-order valence-electron chi connectivity index (χ1n) is 19.2. The van der Waals surface area contributed by atoms with E-state index in [9.17, 15) is 15.0 Å². The van der Waals surface area contributed by atoms with Gasteiger partial charge in [-0.2, -0.15) is 0 Å². The van der Waals surface area contributed by atoms with E-state index in [2.05, 4.69) is 24.4 Å². The second-order valence-electron chi connectivity index (χ2n) is 14.2. The molecule has 0 bridgehead atoms. The number of rotatable bonds is 20. The maximum atomic E-state index is 14.4. The topological polar surface area (TPSA) is 138 Å². The van der Waals surface area contributed by atoms with Crippen LogP contribution in [0.2, 0.25) is 0 Å². The molecule has 1 amide bonds. The number of benzene rings is 2. The number of carbonyl (C=O) groups excluding carboxylic acids is 1. The number of aliphatic hydroxyl groups is 2. The predicted molar refractivity (Wildman–Crippen MR) is 208 cm³/mol. The van der Waals surface area contributed by atoms with E-state index >= 15 is 0 Å². The van der Waals surface area contributed by atoms with Crippen molar-refractivity contribution in [2.75, 3.05) is 52.8 Å². The molecule has 2 aromatic carbocycles. The van der Waals surface area contributed by atoms with Gasteiger partial charge in [0.1, 0.15) is 37.9 Å². The molecule has 298 valence electrons. The fraction of sp³-hybridized carbons (Fsp3) is 0.524. The largest absolute Gasteiger partial charge is 0.490 e. The van der Waals surface area contributed by atoms with E-state index < -0.39 is 23.8 Å². The van der Waals surface area contributed by atoms with Crippen LogP contribution in [0.4, 0.5) is 4.79 Å². The SMILES string of the molecule is C=CCOc1ccc2c(c1)[C@H]1[C@H](CCCCO)[C@@H](CCCCO)C=C3C(=NOC)C[C@H](N(Cc4ccc5c(c4)OCO5)C(=O)OCCCl)[C@@](OCC=C)(O2)[C@H]31. The summed E-state index contributed by atoms with van der Waals surface area (Å²) in [7, 11) is 1.52. The number of nitrogens with zero attached hydrogens (tertiary/aromatic N) is 2. The minimum absolute atomic E-state index is 0.00111. The lowest BCUT2D eigenvalue weighted by molar-refractivity contribution is -0.256. The first-order valence-corrected chi connectivity index (χ1v) is 19.7. The zero-order chi connectivity index (χ0) is 38.8. The third kappa shape index (κ3) is 8.62. The number of allylic oxidation sites excluding steroid dienone is 1. The van der Waals surface area contributed by atoms with Gasteiger partial charge < -0.3 is 43.5 Å². The summed E-state index contributed by atoms with van der Waals surface area (Å²) >= 11 is 6.05. The molecule has 0 saturated heterocycles. The van der Waals surface area contributed by atoms with Crippen LogP contribution in [0.25, 0.3) is 0 Å². The Morgan fingerprint density at radius 3 is 2.53 bits per heavy atom. The standard InChI is InChI=1S/C42H53ClN2O10/c1-4-19-50-30-13-15-35-33(24-30)39-31(11-7-9-18-47)29(10-6-8-17-46)23-32-34(44-49-3)25-38(42(55-35,40(32)39)54-20-5-2)45(41(48)51-21-16-43)26-28-12-14-36-37(22-28)53-27-52-36/h4-5,12-15,22-24,29,31,38-40,46-47H,1-2,6-11,16-21,25-27H2,3H3/t29-,31+,38-,39+,40+,42+/m0/s1. The number of hydrogen-bond donors (Lipinski definition) is 2. The zero-order valence-electron chi connectivity index (χ0n) is 31.5. The molecule has 0 radical (unpaired) electrons. The molecule has 2 aromatic rings. The van der Waals surface area contributed by atoms with Gasteiger partial charge in [-0.25, -0.2) is 4.79 Å². The second kappa shape index (κ2) is 19.1.